The van der Waals surface area contributed by atoms with Gasteiger partial charge in [-0.05, 0) is 55.8 Å². The molecule has 0 heterocycles. The number of sulfonamides is 1. The van der Waals surface area contributed by atoms with Crippen molar-refractivity contribution in [2.45, 2.75) is 31.2 Å². The highest BCUT2D eigenvalue weighted by atomic mass is 35.5. The van der Waals surface area contributed by atoms with E-state index in [4.69, 9.17) is 16.3 Å². The average molecular weight is 425 g/mol. The number of nitrogens with one attached hydrogen (secondary N) is 2. The topological polar surface area (TPSA) is 102 Å². The molecule has 2 amide bonds. The van der Waals surface area contributed by atoms with Crippen LogP contribution in [0.3, 0.4) is 0 Å². The van der Waals surface area contributed by atoms with Crippen LogP contribution in [0.2, 0.25) is 5.02 Å². The van der Waals surface area contributed by atoms with Gasteiger partial charge in [0.2, 0.25) is 0 Å². The quantitative estimate of drug-likeness (QED) is 0.711. The molecular formula is C19H21ClN2O5S. The van der Waals surface area contributed by atoms with Gasteiger partial charge in [0.05, 0.1) is 17.6 Å². The van der Waals surface area contributed by atoms with Crippen LogP contribution in [0.1, 0.15) is 41.0 Å². The molecule has 0 bridgehead atoms. The van der Waals surface area contributed by atoms with Gasteiger partial charge in [0.1, 0.15) is 5.75 Å². The summed E-state index contributed by atoms with van der Waals surface area (Å²) in [5, 5.41) is 3.06. The molecule has 7 nitrogen and oxygen atoms in total. The van der Waals surface area contributed by atoms with Crippen molar-refractivity contribution in [3.8, 4) is 5.75 Å². The van der Waals surface area contributed by atoms with E-state index in [9.17, 15) is 18.0 Å². The number of hydrogen-bond acceptors (Lipinski definition) is 5. The zero-order valence-corrected chi connectivity index (χ0v) is 17.2. The van der Waals surface area contributed by atoms with Crippen LogP contribution in [0.5, 0.6) is 5.75 Å². The first-order valence-electron chi connectivity index (χ1n) is 8.49. The van der Waals surface area contributed by atoms with Crippen LogP contribution in [0, 0.1) is 0 Å². The van der Waals surface area contributed by atoms with Crippen LogP contribution in [0.4, 0.5) is 0 Å². The minimum atomic E-state index is -4.15. The van der Waals surface area contributed by atoms with E-state index >= 15 is 0 Å². The fraction of sp³-hybridized carbons (Fsp3) is 0.263. The van der Waals surface area contributed by atoms with E-state index < -0.39 is 15.9 Å². The highest BCUT2D eigenvalue weighted by Gasteiger charge is 2.22. The largest absolute Gasteiger partial charge is 0.496 e. The summed E-state index contributed by atoms with van der Waals surface area (Å²) < 4.78 is 32.0. The highest BCUT2D eigenvalue weighted by Crippen LogP contribution is 2.23. The molecule has 0 aliphatic heterocycles. The third kappa shape index (κ3) is 5.24. The number of hydrogen-bond donors (Lipinski definition) is 2. The van der Waals surface area contributed by atoms with Crippen molar-refractivity contribution >= 4 is 33.4 Å². The Balaban J connectivity index is 2.20. The molecule has 1 atom stereocenters. The SMILES string of the molecule is CCC(C)NC(=O)c1ccc(S(=O)(=O)NC(=O)c2cc(Cl)ccc2OC)cc1. The van der Waals surface area contributed by atoms with E-state index in [0.717, 1.165) is 6.42 Å². The van der Waals surface area contributed by atoms with E-state index in [1.54, 1.807) is 0 Å². The first-order valence-corrected chi connectivity index (χ1v) is 10.4. The number of ether oxygens (including phenoxy) is 1. The standard InChI is InChI=1S/C19H21ClN2O5S/c1-4-12(2)21-18(23)13-5-8-15(9-6-13)28(25,26)22-19(24)16-11-14(20)7-10-17(16)27-3/h5-12H,4H2,1-3H3,(H,21,23)(H,22,24). The van der Waals surface area contributed by atoms with E-state index in [1.807, 2.05) is 18.6 Å². The normalized spacial score (nSPS) is 12.1. The monoisotopic (exact) mass is 424 g/mol. The first-order chi connectivity index (χ1) is 13.2. The Morgan fingerprint density at radius 2 is 1.75 bits per heavy atom. The van der Waals surface area contributed by atoms with Crippen molar-refractivity contribution < 1.29 is 22.7 Å². The minimum absolute atomic E-state index is 0.00266. The van der Waals surface area contributed by atoms with Gasteiger partial charge >= 0.3 is 0 Å². The lowest BCUT2D eigenvalue weighted by Crippen LogP contribution is -2.32. The van der Waals surface area contributed by atoms with Gasteiger partial charge in [0.25, 0.3) is 21.8 Å². The average Bonchev–Trinajstić information content (AvgIpc) is 2.67. The molecule has 1 unspecified atom stereocenters. The fourth-order valence-corrected chi connectivity index (χ4v) is 3.43. The zero-order chi connectivity index (χ0) is 20.9. The lowest BCUT2D eigenvalue weighted by molar-refractivity contribution is 0.0937. The molecule has 0 saturated carbocycles. The Labute approximate surface area is 169 Å². The number of halogens is 1. The van der Waals surface area contributed by atoms with Crippen molar-refractivity contribution in [1.82, 2.24) is 10.0 Å². The van der Waals surface area contributed by atoms with Crippen LogP contribution in [-0.4, -0.2) is 33.4 Å². The highest BCUT2D eigenvalue weighted by molar-refractivity contribution is 7.90. The van der Waals surface area contributed by atoms with Crippen LogP contribution >= 0.6 is 11.6 Å². The molecule has 0 fully saturated rings. The number of carbonyl (C=O) groups is 2. The maximum atomic E-state index is 12.5. The molecule has 2 aromatic rings. The van der Waals surface area contributed by atoms with Gasteiger partial charge in [-0.25, -0.2) is 13.1 Å². The van der Waals surface area contributed by atoms with Gasteiger partial charge in [0.15, 0.2) is 0 Å². The van der Waals surface area contributed by atoms with Crippen molar-refractivity contribution in [1.29, 1.82) is 0 Å². The van der Waals surface area contributed by atoms with Gasteiger partial charge in [-0.2, -0.15) is 0 Å². The second kappa shape index (κ2) is 9.07. The Hall–Kier alpha value is -2.58. The van der Waals surface area contributed by atoms with Crippen LogP contribution in [-0.2, 0) is 10.0 Å². The maximum Gasteiger partial charge on any atom is 0.268 e. The maximum absolute atomic E-state index is 12.5. The van der Waals surface area contributed by atoms with Gasteiger partial charge in [-0.3, -0.25) is 9.59 Å². The summed E-state index contributed by atoms with van der Waals surface area (Å²) in [4.78, 5) is 24.3. The lowest BCUT2D eigenvalue weighted by atomic mass is 10.2. The predicted molar refractivity (Wildman–Crippen MR) is 106 cm³/mol. The molecule has 0 aromatic heterocycles. The molecule has 2 N–H and O–H groups in total. The summed E-state index contributed by atoms with van der Waals surface area (Å²) in [6.07, 6.45) is 0.775. The third-order valence-corrected chi connectivity index (χ3v) is 5.63. The van der Waals surface area contributed by atoms with Crippen molar-refractivity contribution in [3.05, 3.63) is 58.6 Å². The Bertz CT molecular complexity index is 974. The van der Waals surface area contributed by atoms with Crippen LogP contribution in [0.25, 0.3) is 0 Å². The van der Waals surface area contributed by atoms with E-state index in [0.29, 0.717) is 5.56 Å². The van der Waals surface area contributed by atoms with E-state index in [2.05, 4.69) is 5.32 Å². The van der Waals surface area contributed by atoms with Crippen LogP contribution < -0.4 is 14.8 Å². The van der Waals surface area contributed by atoms with E-state index in [1.165, 1.54) is 49.6 Å². The number of amides is 2. The van der Waals surface area contributed by atoms with Gasteiger partial charge in [0, 0.05) is 16.6 Å². The summed E-state index contributed by atoms with van der Waals surface area (Å²) >= 11 is 5.88. The molecule has 0 aliphatic carbocycles. The first kappa shape index (κ1) is 21.7. The number of rotatable bonds is 7. The molecule has 28 heavy (non-hydrogen) atoms. The summed E-state index contributed by atoms with van der Waals surface area (Å²) in [6.45, 7) is 3.81. The summed E-state index contributed by atoms with van der Waals surface area (Å²) in [5.41, 5.74) is 0.310. The van der Waals surface area contributed by atoms with Gasteiger partial charge in [-0.15, -0.1) is 0 Å². The molecule has 0 radical (unpaired) electrons. The molecule has 9 heteroatoms. The summed E-state index contributed by atoms with van der Waals surface area (Å²) in [7, 11) is -2.79. The predicted octanol–water partition coefficient (Wildman–Crippen LogP) is 3.00. The van der Waals surface area contributed by atoms with Crippen molar-refractivity contribution in [2.24, 2.45) is 0 Å². The summed E-state index contributed by atoms with van der Waals surface area (Å²) in [5.74, 6) is -0.988. The van der Waals surface area contributed by atoms with Crippen LogP contribution in [0.15, 0.2) is 47.4 Å². The molecule has 0 saturated heterocycles. The molecule has 0 aliphatic rings. The molecule has 2 rings (SSSR count). The third-order valence-electron chi connectivity index (χ3n) is 4.05. The minimum Gasteiger partial charge on any atom is -0.496 e. The van der Waals surface area contributed by atoms with Gasteiger partial charge in [-0.1, -0.05) is 18.5 Å². The Morgan fingerprint density at radius 3 is 2.32 bits per heavy atom. The number of methoxy groups -OCH3 is 1. The van der Waals surface area contributed by atoms with E-state index in [-0.39, 0.29) is 33.2 Å². The second-order valence-electron chi connectivity index (χ2n) is 6.09. The molecule has 0 spiro atoms. The Morgan fingerprint density at radius 1 is 1.11 bits per heavy atom. The van der Waals surface area contributed by atoms with Crippen molar-refractivity contribution in [2.75, 3.05) is 7.11 Å². The fourth-order valence-electron chi connectivity index (χ4n) is 2.29. The molecule has 150 valence electrons. The zero-order valence-electron chi connectivity index (χ0n) is 15.7. The Kier molecular flexibility index (Phi) is 7.04. The lowest BCUT2D eigenvalue weighted by Gasteiger charge is -2.12. The number of benzene rings is 2. The van der Waals surface area contributed by atoms with Gasteiger partial charge < -0.3 is 10.1 Å². The smallest absolute Gasteiger partial charge is 0.268 e. The van der Waals surface area contributed by atoms with Crippen molar-refractivity contribution in [3.63, 3.8) is 0 Å². The number of carbonyl (C=O) groups excluding carboxylic acids is 2. The summed E-state index contributed by atoms with van der Waals surface area (Å²) in [6, 6.07) is 9.60. The second-order valence-corrected chi connectivity index (χ2v) is 8.21. The molecular weight excluding hydrogens is 404 g/mol. The molecule has 2 aromatic carbocycles.